The van der Waals surface area contributed by atoms with Gasteiger partial charge in [0.15, 0.2) is 0 Å². The third-order valence-corrected chi connectivity index (χ3v) is 2.69. The van der Waals surface area contributed by atoms with Crippen LogP contribution in [-0.2, 0) is 4.79 Å². The molecule has 0 saturated carbocycles. The molecular weight excluding hydrogens is 303 g/mol. The van der Waals surface area contributed by atoms with Gasteiger partial charge in [0, 0.05) is 6.07 Å². The van der Waals surface area contributed by atoms with Gasteiger partial charge >= 0.3 is 18.1 Å². The summed E-state index contributed by atoms with van der Waals surface area (Å²) in [5, 5.41) is 14.5. The summed E-state index contributed by atoms with van der Waals surface area (Å²) in [5.41, 5.74) is 0.726. The fraction of sp³-hybridized carbons (Fsp3) is 0.154. The Balaban J connectivity index is 2.36. The van der Waals surface area contributed by atoms with Crippen LogP contribution >= 0.6 is 0 Å². The number of carbonyl (C=O) groups is 2. The van der Waals surface area contributed by atoms with Gasteiger partial charge in [-0.15, -0.1) is 0 Å². The third-order valence-electron chi connectivity index (χ3n) is 2.69. The zero-order valence-electron chi connectivity index (χ0n) is 11.2. The molecule has 0 aliphatic carbocycles. The number of halogens is 3. The van der Waals surface area contributed by atoms with E-state index in [1.165, 1.54) is 30.3 Å². The summed E-state index contributed by atoms with van der Waals surface area (Å²) in [4.78, 5) is 21.8. The zero-order valence-corrected chi connectivity index (χ0v) is 11.2. The van der Waals surface area contributed by atoms with E-state index in [0.717, 1.165) is 4.68 Å². The van der Waals surface area contributed by atoms with Gasteiger partial charge in [0.1, 0.15) is 5.82 Å². The van der Waals surface area contributed by atoms with E-state index >= 15 is 0 Å². The van der Waals surface area contributed by atoms with Crippen LogP contribution in [0.1, 0.15) is 16.1 Å². The molecule has 116 valence electrons. The van der Waals surface area contributed by atoms with E-state index in [-0.39, 0.29) is 11.4 Å². The van der Waals surface area contributed by atoms with Crippen LogP contribution in [0, 0.1) is 6.92 Å². The van der Waals surface area contributed by atoms with Gasteiger partial charge in [0.2, 0.25) is 0 Å². The van der Waals surface area contributed by atoms with Gasteiger partial charge in [-0.1, -0.05) is 0 Å². The maximum absolute atomic E-state index is 12.3. The Labute approximate surface area is 122 Å². The molecule has 9 heteroatoms. The molecule has 6 nitrogen and oxygen atoms in total. The molecule has 2 aromatic rings. The first-order valence-electron chi connectivity index (χ1n) is 5.97. The van der Waals surface area contributed by atoms with Gasteiger partial charge in [-0.2, -0.15) is 18.3 Å². The average molecular weight is 313 g/mol. The van der Waals surface area contributed by atoms with Crippen LogP contribution in [0.2, 0.25) is 0 Å². The van der Waals surface area contributed by atoms with E-state index in [0.29, 0.717) is 11.4 Å². The standard InChI is InChI=1S/C13H10F3N3O3/c1-7-6-10(17-12(22)13(14,15)16)19(18-7)9-4-2-8(3-5-9)11(20)21/h2-6H,1H3,(H,17,22)(H,20,21). The number of carbonyl (C=O) groups excluding carboxylic acids is 1. The number of nitrogens with zero attached hydrogens (tertiary/aromatic N) is 2. The quantitative estimate of drug-likeness (QED) is 0.911. The van der Waals surface area contributed by atoms with Crippen LogP contribution in [0.3, 0.4) is 0 Å². The number of amides is 1. The first-order chi connectivity index (χ1) is 10.2. The van der Waals surface area contributed by atoms with E-state index in [4.69, 9.17) is 5.11 Å². The Hall–Kier alpha value is -2.84. The molecule has 0 fully saturated rings. The van der Waals surface area contributed by atoms with Gasteiger partial charge in [0.25, 0.3) is 0 Å². The zero-order chi connectivity index (χ0) is 16.5. The molecule has 0 unspecified atom stereocenters. The van der Waals surface area contributed by atoms with Gasteiger partial charge in [-0.3, -0.25) is 4.79 Å². The van der Waals surface area contributed by atoms with E-state index < -0.39 is 18.1 Å². The van der Waals surface area contributed by atoms with Gasteiger partial charge in [-0.05, 0) is 31.2 Å². The minimum Gasteiger partial charge on any atom is -0.478 e. The first kappa shape index (κ1) is 15.5. The summed E-state index contributed by atoms with van der Waals surface area (Å²) in [6.45, 7) is 1.55. The molecule has 1 aromatic carbocycles. The largest absolute Gasteiger partial charge is 0.478 e. The molecule has 0 atom stereocenters. The number of alkyl halides is 3. The Morgan fingerprint density at radius 3 is 2.32 bits per heavy atom. The Morgan fingerprint density at radius 2 is 1.82 bits per heavy atom. The highest BCUT2D eigenvalue weighted by Gasteiger charge is 2.39. The molecule has 0 spiro atoms. The van der Waals surface area contributed by atoms with Crippen molar-refractivity contribution in [2.24, 2.45) is 0 Å². The molecule has 0 aliphatic heterocycles. The summed E-state index contributed by atoms with van der Waals surface area (Å²) in [5.74, 6) is -3.41. The highest BCUT2D eigenvalue weighted by molar-refractivity contribution is 5.94. The Morgan fingerprint density at radius 1 is 1.23 bits per heavy atom. The van der Waals surface area contributed by atoms with Gasteiger partial charge in [0.05, 0.1) is 16.9 Å². The van der Waals surface area contributed by atoms with Crippen molar-refractivity contribution in [2.75, 3.05) is 5.32 Å². The molecule has 0 aliphatic rings. The molecule has 1 amide bonds. The monoisotopic (exact) mass is 313 g/mol. The summed E-state index contributed by atoms with van der Waals surface area (Å²) >= 11 is 0. The number of benzene rings is 1. The summed E-state index contributed by atoms with van der Waals surface area (Å²) < 4.78 is 38.0. The van der Waals surface area contributed by atoms with Crippen LogP contribution in [0.4, 0.5) is 19.0 Å². The number of hydrogen-bond donors (Lipinski definition) is 2. The number of aromatic carboxylic acids is 1. The lowest BCUT2D eigenvalue weighted by molar-refractivity contribution is -0.167. The number of rotatable bonds is 3. The number of anilines is 1. The predicted octanol–water partition coefficient (Wildman–Crippen LogP) is 2.38. The minimum atomic E-state index is -5.02. The van der Waals surface area contributed by atoms with Crippen LogP contribution in [0.15, 0.2) is 30.3 Å². The number of aryl methyl sites for hydroxylation is 1. The first-order valence-corrected chi connectivity index (χ1v) is 5.97. The Bertz CT molecular complexity index is 720. The highest BCUT2D eigenvalue weighted by Crippen LogP contribution is 2.21. The number of nitrogens with one attached hydrogen (secondary N) is 1. The van der Waals surface area contributed by atoms with Crippen molar-refractivity contribution < 1.29 is 27.9 Å². The second kappa shape index (κ2) is 5.51. The van der Waals surface area contributed by atoms with Gasteiger partial charge < -0.3 is 10.4 Å². The second-order valence-electron chi connectivity index (χ2n) is 4.39. The molecule has 2 rings (SSSR count). The molecule has 1 heterocycles. The highest BCUT2D eigenvalue weighted by atomic mass is 19.4. The Kier molecular flexibility index (Phi) is 3.89. The maximum Gasteiger partial charge on any atom is 0.471 e. The maximum atomic E-state index is 12.3. The van der Waals surface area contributed by atoms with E-state index in [9.17, 15) is 22.8 Å². The second-order valence-corrected chi connectivity index (χ2v) is 4.39. The van der Waals surface area contributed by atoms with Crippen molar-refractivity contribution in [3.05, 3.63) is 41.6 Å². The summed E-state index contributed by atoms with van der Waals surface area (Å²) in [7, 11) is 0. The van der Waals surface area contributed by atoms with E-state index in [2.05, 4.69) is 5.10 Å². The lowest BCUT2D eigenvalue weighted by Gasteiger charge is -2.10. The number of carboxylic acids is 1. The van der Waals surface area contributed by atoms with Crippen LogP contribution in [0.25, 0.3) is 5.69 Å². The molecular formula is C13H10F3N3O3. The summed E-state index contributed by atoms with van der Waals surface area (Å²) in [6, 6.07) is 6.58. The van der Waals surface area contributed by atoms with Crippen molar-refractivity contribution >= 4 is 17.7 Å². The minimum absolute atomic E-state index is 0.0218. The van der Waals surface area contributed by atoms with Crippen molar-refractivity contribution in [3.63, 3.8) is 0 Å². The number of aromatic nitrogens is 2. The molecule has 0 bridgehead atoms. The van der Waals surface area contributed by atoms with E-state index in [1.54, 1.807) is 12.2 Å². The SMILES string of the molecule is Cc1cc(NC(=O)C(F)(F)F)n(-c2ccc(C(=O)O)cc2)n1. The lowest BCUT2D eigenvalue weighted by atomic mass is 10.2. The molecule has 0 saturated heterocycles. The van der Waals surface area contributed by atoms with Crippen molar-refractivity contribution in [3.8, 4) is 5.69 Å². The topological polar surface area (TPSA) is 84.2 Å². The van der Waals surface area contributed by atoms with Crippen molar-refractivity contribution in [2.45, 2.75) is 13.1 Å². The fourth-order valence-corrected chi connectivity index (χ4v) is 1.72. The number of hydrogen-bond acceptors (Lipinski definition) is 3. The average Bonchev–Trinajstić information content (AvgIpc) is 2.78. The fourth-order valence-electron chi connectivity index (χ4n) is 1.72. The lowest BCUT2D eigenvalue weighted by Crippen LogP contribution is -2.30. The van der Waals surface area contributed by atoms with Crippen LogP contribution < -0.4 is 5.32 Å². The molecule has 1 aromatic heterocycles. The van der Waals surface area contributed by atoms with Crippen molar-refractivity contribution in [1.29, 1.82) is 0 Å². The normalized spacial score (nSPS) is 11.3. The number of carboxylic acid groups (broad SMARTS) is 1. The van der Waals surface area contributed by atoms with E-state index in [1.807, 2.05) is 0 Å². The van der Waals surface area contributed by atoms with Crippen LogP contribution in [-0.4, -0.2) is 32.9 Å². The van der Waals surface area contributed by atoms with Gasteiger partial charge in [-0.25, -0.2) is 9.48 Å². The third kappa shape index (κ3) is 3.25. The molecule has 0 radical (unpaired) electrons. The predicted molar refractivity (Wildman–Crippen MR) is 69.9 cm³/mol. The molecule has 2 N–H and O–H groups in total. The molecule has 22 heavy (non-hydrogen) atoms. The van der Waals surface area contributed by atoms with Crippen LogP contribution in [0.5, 0.6) is 0 Å². The smallest absolute Gasteiger partial charge is 0.471 e. The van der Waals surface area contributed by atoms with Crippen molar-refractivity contribution in [1.82, 2.24) is 9.78 Å². The summed E-state index contributed by atoms with van der Waals surface area (Å²) in [6.07, 6.45) is -5.02.